The lowest BCUT2D eigenvalue weighted by atomic mass is 9.92. The Balaban J connectivity index is 1.47. The minimum atomic E-state index is 1.29. The largest absolute Gasteiger partial charge is 0.0616 e. The fraction of sp³-hybridized carbons (Fsp3) is 0. The SMILES string of the molecule is c1ccc2c(c1)ccc1cc3c(ccc4cc5c(ccc6c7ccccc7ccc56)cc43)cc12. The zero-order valence-electron chi connectivity index (χ0n) is 18.5. The molecule has 0 nitrogen and oxygen atoms in total. The summed E-state index contributed by atoms with van der Waals surface area (Å²) >= 11 is 0. The van der Waals surface area contributed by atoms with Gasteiger partial charge in [0, 0.05) is 0 Å². The predicted octanol–water partition coefficient (Wildman–Crippen LogP) is 9.76. The monoisotopic (exact) mass is 428 g/mol. The van der Waals surface area contributed by atoms with Crippen molar-refractivity contribution in [2.45, 2.75) is 0 Å². The van der Waals surface area contributed by atoms with Crippen molar-refractivity contribution >= 4 is 75.4 Å². The van der Waals surface area contributed by atoms with E-state index in [1.807, 2.05) is 0 Å². The number of hydrogen-bond donors (Lipinski definition) is 0. The molecule has 156 valence electrons. The Morgan fingerprint density at radius 1 is 0.206 bits per heavy atom. The van der Waals surface area contributed by atoms with Crippen molar-refractivity contribution in [3.63, 3.8) is 0 Å². The molecule has 0 heteroatoms. The summed E-state index contributed by atoms with van der Waals surface area (Å²) < 4.78 is 0. The average Bonchev–Trinajstić information content (AvgIpc) is 2.90. The summed E-state index contributed by atoms with van der Waals surface area (Å²) in [6, 6.07) is 45.0. The highest BCUT2D eigenvalue weighted by Crippen LogP contribution is 2.37. The molecule has 0 aromatic heterocycles. The van der Waals surface area contributed by atoms with Crippen molar-refractivity contribution in [1.82, 2.24) is 0 Å². The third-order valence-corrected chi connectivity index (χ3v) is 7.56. The van der Waals surface area contributed by atoms with Crippen LogP contribution in [0.15, 0.2) is 121 Å². The number of fused-ring (bicyclic) bond motifs is 11. The molecular weight excluding hydrogens is 408 g/mol. The van der Waals surface area contributed by atoms with Gasteiger partial charge in [0.25, 0.3) is 0 Å². The second kappa shape index (κ2) is 6.56. The van der Waals surface area contributed by atoms with E-state index in [9.17, 15) is 0 Å². The first kappa shape index (κ1) is 18.1. The third-order valence-electron chi connectivity index (χ3n) is 7.56. The quantitative estimate of drug-likeness (QED) is 0.166. The summed E-state index contributed by atoms with van der Waals surface area (Å²) in [6.07, 6.45) is 0. The molecule has 0 aliphatic heterocycles. The topological polar surface area (TPSA) is 0 Å². The van der Waals surface area contributed by atoms with E-state index >= 15 is 0 Å². The Morgan fingerprint density at radius 3 is 1.09 bits per heavy atom. The number of hydrogen-bond acceptors (Lipinski definition) is 0. The van der Waals surface area contributed by atoms with Crippen LogP contribution in [0.5, 0.6) is 0 Å². The van der Waals surface area contributed by atoms with Crippen LogP contribution in [0.2, 0.25) is 0 Å². The normalized spacial score (nSPS) is 12.1. The van der Waals surface area contributed by atoms with Gasteiger partial charge in [-0.2, -0.15) is 0 Å². The zero-order chi connectivity index (χ0) is 22.2. The fourth-order valence-electron chi connectivity index (χ4n) is 5.88. The maximum absolute atomic E-state index is 2.38. The first-order valence-corrected chi connectivity index (χ1v) is 11.9. The Bertz CT molecular complexity index is 2070. The second-order valence-electron chi connectivity index (χ2n) is 9.39. The molecule has 0 N–H and O–H groups in total. The minimum Gasteiger partial charge on any atom is -0.0616 e. The van der Waals surface area contributed by atoms with Crippen molar-refractivity contribution in [1.29, 1.82) is 0 Å². The molecule has 0 aliphatic rings. The van der Waals surface area contributed by atoms with Gasteiger partial charge in [0.2, 0.25) is 0 Å². The van der Waals surface area contributed by atoms with E-state index in [4.69, 9.17) is 0 Å². The van der Waals surface area contributed by atoms with Crippen molar-refractivity contribution in [2.75, 3.05) is 0 Å². The number of benzene rings is 8. The molecule has 0 aliphatic carbocycles. The average molecular weight is 429 g/mol. The van der Waals surface area contributed by atoms with E-state index in [-0.39, 0.29) is 0 Å². The molecule has 0 saturated heterocycles. The van der Waals surface area contributed by atoms with Crippen LogP contribution < -0.4 is 0 Å². The van der Waals surface area contributed by atoms with E-state index in [1.165, 1.54) is 75.4 Å². The van der Waals surface area contributed by atoms with E-state index in [2.05, 4.69) is 121 Å². The molecule has 0 heterocycles. The van der Waals surface area contributed by atoms with Crippen LogP contribution in [0.3, 0.4) is 0 Å². The second-order valence-corrected chi connectivity index (χ2v) is 9.39. The summed E-state index contributed by atoms with van der Waals surface area (Å²) in [5, 5.41) is 18.3. The van der Waals surface area contributed by atoms with Crippen LogP contribution in [0.4, 0.5) is 0 Å². The molecule has 34 heavy (non-hydrogen) atoms. The molecule has 0 amide bonds. The molecule has 0 bridgehead atoms. The van der Waals surface area contributed by atoms with Crippen molar-refractivity contribution in [2.24, 2.45) is 0 Å². The van der Waals surface area contributed by atoms with E-state index in [0.29, 0.717) is 0 Å². The van der Waals surface area contributed by atoms with Crippen LogP contribution in [-0.2, 0) is 0 Å². The molecule has 0 atom stereocenters. The summed E-state index contributed by atoms with van der Waals surface area (Å²) in [5.74, 6) is 0. The van der Waals surface area contributed by atoms with Gasteiger partial charge in [-0.05, 0) is 99.7 Å². The maximum Gasteiger partial charge on any atom is -0.00987 e. The van der Waals surface area contributed by atoms with Crippen molar-refractivity contribution in [3.05, 3.63) is 121 Å². The van der Waals surface area contributed by atoms with Gasteiger partial charge in [0.15, 0.2) is 0 Å². The molecule has 0 radical (unpaired) electrons. The Labute approximate surface area is 196 Å². The molecule has 8 aromatic carbocycles. The number of rotatable bonds is 0. The van der Waals surface area contributed by atoms with E-state index in [1.54, 1.807) is 0 Å². The Morgan fingerprint density at radius 2 is 0.529 bits per heavy atom. The highest BCUT2D eigenvalue weighted by atomic mass is 14.1. The summed E-state index contributed by atoms with van der Waals surface area (Å²) in [5.41, 5.74) is 0. The van der Waals surface area contributed by atoms with E-state index < -0.39 is 0 Å². The molecule has 8 aromatic rings. The lowest BCUT2D eigenvalue weighted by molar-refractivity contribution is 1.78. The minimum absolute atomic E-state index is 1.29. The summed E-state index contributed by atoms with van der Waals surface area (Å²) in [4.78, 5) is 0. The summed E-state index contributed by atoms with van der Waals surface area (Å²) in [6.45, 7) is 0. The van der Waals surface area contributed by atoms with Crippen LogP contribution in [-0.4, -0.2) is 0 Å². The van der Waals surface area contributed by atoms with Crippen LogP contribution in [0.1, 0.15) is 0 Å². The van der Waals surface area contributed by atoms with Gasteiger partial charge < -0.3 is 0 Å². The van der Waals surface area contributed by atoms with Crippen LogP contribution >= 0.6 is 0 Å². The van der Waals surface area contributed by atoms with Crippen LogP contribution in [0, 0.1) is 0 Å². The molecule has 8 rings (SSSR count). The molecule has 0 spiro atoms. The third kappa shape index (κ3) is 2.43. The van der Waals surface area contributed by atoms with Gasteiger partial charge in [0.05, 0.1) is 0 Å². The Hall–Kier alpha value is -4.42. The lowest BCUT2D eigenvalue weighted by Crippen LogP contribution is -1.84. The maximum atomic E-state index is 2.38. The molecular formula is C34H20. The van der Waals surface area contributed by atoms with Gasteiger partial charge in [-0.15, -0.1) is 0 Å². The molecule has 0 unspecified atom stereocenters. The van der Waals surface area contributed by atoms with Crippen molar-refractivity contribution < 1.29 is 0 Å². The van der Waals surface area contributed by atoms with Crippen molar-refractivity contribution in [3.8, 4) is 0 Å². The first-order chi connectivity index (χ1) is 16.8. The van der Waals surface area contributed by atoms with Gasteiger partial charge in [0.1, 0.15) is 0 Å². The van der Waals surface area contributed by atoms with Gasteiger partial charge >= 0.3 is 0 Å². The fourth-order valence-corrected chi connectivity index (χ4v) is 5.88. The van der Waals surface area contributed by atoms with Gasteiger partial charge in [-0.1, -0.05) is 97.1 Å². The lowest BCUT2D eigenvalue weighted by Gasteiger charge is -2.12. The smallest absolute Gasteiger partial charge is 0.00987 e. The molecule has 0 saturated carbocycles. The van der Waals surface area contributed by atoms with Crippen LogP contribution in [0.25, 0.3) is 75.4 Å². The van der Waals surface area contributed by atoms with E-state index in [0.717, 1.165) is 0 Å². The van der Waals surface area contributed by atoms with Gasteiger partial charge in [-0.25, -0.2) is 0 Å². The predicted molar refractivity (Wildman–Crippen MR) is 149 cm³/mol. The standard InChI is InChI=1S/C34H20/c1-3-7-27-22(6-1)13-15-30-29(27)16-14-26-20-34-25(18-32(26)30)12-11-24-17-31-23(19-33(24)34)10-9-21-5-2-4-8-28(21)31/h1-20H. The van der Waals surface area contributed by atoms with Gasteiger partial charge in [-0.3, -0.25) is 0 Å². The zero-order valence-corrected chi connectivity index (χ0v) is 18.5. The summed E-state index contributed by atoms with van der Waals surface area (Å²) in [7, 11) is 0. The first-order valence-electron chi connectivity index (χ1n) is 11.9. The molecule has 0 fully saturated rings. The Kier molecular flexibility index (Phi) is 3.48. The highest BCUT2D eigenvalue weighted by molar-refractivity contribution is 6.23. The highest BCUT2D eigenvalue weighted by Gasteiger charge is 2.09.